The molecule has 0 bridgehead atoms. The van der Waals surface area contributed by atoms with E-state index in [1.165, 1.54) is 97.7 Å². The zero-order valence-electron chi connectivity index (χ0n) is 79.3. The summed E-state index contributed by atoms with van der Waals surface area (Å²) in [5.41, 5.74) is -0.750. The fourth-order valence-corrected chi connectivity index (χ4v) is 10.4. The second-order valence-corrected chi connectivity index (χ2v) is 37.0. The van der Waals surface area contributed by atoms with Crippen LogP contribution in [0.25, 0.3) is 0 Å². The number of nitrogens with zero attached hydrogens (tertiary/aromatic N) is 3. The van der Waals surface area contributed by atoms with Crippen LogP contribution in [0.15, 0.2) is 26.0 Å². The molecule has 0 amide bonds. The summed E-state index contributed by atoms with van der Waals surface area (Å²) in [7, 11) is 0. The highest BCUT2D eigenvalue weighted by molar-refractivity contribution is 5.75. The average Bonchev–Trinajstić information content (AvgIpc) is 0.916. The fraction of sp³-hybridized carbons (Fsp3) is 0.890. The molecular weight excluding hydrogens is 1460 g/mol. The van der Waals surface area contributed by atoms with Gasteiger partial charge in [0.25, 0.3) is 0 Å². The number of allylic oxidation sites excluding steroid dienone is 1. The van der Waals surface area contributed by atoms with Crippen LogP contribution >= 0.6 is 0 Å². The molecule has 678 valence electrons. The third kappa shape index (κ3) is 71.5. The number of rotatable bonds is 28. The van der Waals surface area contributed by atoms with Crippen LogP contribution in [0.3, 0.4) is 0 Å². The van der Waals surface area contributed by atoms with Gasteiger partial charge in [-0.2, -0.15) is 0 Å². The van der Waals surface area contributed by atoms with Gasteiger partial charge in [-0.1, -0.05) is 172 Å². The van der Waals surface area contributed by atoms with Gasteiger partial charge in [0.15, 0.2) is 6.29 Å². The summed E-state index contributed by atoms with van der Waals surface area (Å²) in [5.74, 6) is 6.03. The van der Waals surface area contributed by atoms with Crippen molar-refractivity contribution in [2.24, 2.45) is 81.8 Å². The smallest absolute Gasteiger partial charge is 0.498 e. The lowest BCUT2D eigenvalue weighted by Crippen LogP contribution is -2.55. The molecule has 4 fully saturated rings. The van der Waals surface area contributed by atoms with Gasteiger partial charge in [-0.15, -0.1) is 0 Å². The number of hydrogen-bond donors (Lipinski definition) is 3. The zero-order chi connectivity index (χ0) is 89.2. The standard InChI is InChI=1S/C11H20O3.C10H20O4.2C10H20O2.C9H19NO.2C9H19N.C8H12O3.C8H16O3.C7H14O2/c1-8(2)11(6-13-9(3)4)7-14-10(5)12;1-4-6-8(11)7(5(2)3)9(12)10(13)14-6;1-8(2)6-7-12-9(11)10(3,4)5;1-7(2)8(3)12-9(11)10(4,5)6;1-9(2)3-4-10-5-7-11-8-6-10;2*1-9(2)8-10-6-4-3-5-7-10;1-5(2)4-7-6(3)10-8(9)11-7;1-6(2)5-10-8(9)11-7(3)4;1-4-7(8)9-5-6(2)3/h8,11H,3,6-7H2,1-2,4-5H3;5-13H,4H2,1-3H3;8H,6-7H2,1-5H3;7-8H,1-6H3;9H,3-8H2,1-2H3;2*9H,3-8H2,1-2H3;5H,4H2,1-3H3;6-7H,5H2,1-4H3;6H,4-5H2,1-3H3. The van der Waals surface area contributed by atoms with E-state index in [4.69, 9.17) is 51.5 Å². The summed E-state index contributed by atoms with van der Waals surface area (Å²) in [6.45, 7) is 87.0. The van der Waals surface area contributed by atoms with Gasteiger partial charge < -0.3 is 76.6 Å². The molecule has 4 aliphatic heterocycles. The molecule has 1 aromatic heterocycles. The number of aliphatic hydroxyl groups excluding tert-OH is 3. The Morgan fingerprint density at radius 1 is 0.518 bits per heavy atom. The van der Waals surface area contributed by atoms with Gasteiger partial charge in [0, 0.05) is 57.8 Å². The molecule has 0 saturated carbocycles. The molecule has 0 spiro atoms. The monoisotopic (exact) mass is 1630 g/mol. The molecule has 0 radical (unpaired) electrons. The molecule has 23 nitrogen and oxygen atoms in total. The van der Waals surface area contributed by atoms with E-state index in [1.807, 2.05) is 118 Å². The first-order valence-electron chi connectivity index (χ1n) is 43.5. The van der Waals surface area contributed by atoms with E-state index < -0.39 is 30.5 Å². The lowest BCUT2D eigenvalue weighted by atomic mass is 9.80. The van der Waals surface area contributed by atoms with Crippen LogP contribution in [0.1, 0.15) is 304 Å². The Labute approximate surface area is 696 Å². The number of carbonyl (C=O) groups is 5. The van der Waals surface area contributed by atoms with Crippen molar-refractivity contribution in [3.8, 4) is 0 Å². The molecule has 5 heterocycles. The van der Waals surface area contributed by atoms with Gasteiger partial charge >= 0.3 is 35.9 Å². The number of aryl methyl sites for hydroxylation is 1. The van der Waals surface area contributed by atoms with Crippen LogP contribution in [0.2, 0.25) is 0 Å². The number of aliphatic hydroxyl groups is 3. The Balaban J connectivity index is -0.000000387. The molecule has 0 aliphatic carbocycles. The third-order valence-corrected chi connectivity index (χ3v) is 17.8. The van der Waals surface area contributed by atoms with Crippen molar-refractivity contribution in [3.63, 3.8) is 0 Å². The molecule has 5 rings (SSSR count). The summed E-state index contributed by atoms with van der Waals surface area (Å²) >= 11 is 0. The Hall–Kier alpha value is -4.62. The second-order valence-electron chi connectivity index (χ2n) is 37.0. The molecule has 7 unspecified atom stereocenters. The Bertz CT molecular complexity index is 2520. The number of morpholine rings is 1. The molecular formula is C91H179N3O20. The van der Waals surface area contributed by atoms with Crippen LogP contribution in [-0.4, -0.2) is 202 Å². The van der Waals surface area contributed by atoms with Crippen LogP contribution in [0.4, 0.5) is 4.79 Å². The van der Waals surface area contributed by atoms with E-state index in [2.05, 4.69) is 104 Å². The first kappa shape index (κ1) is 118. The lowest BCUT2D eigenvalue weighted by molar-refractivity contribution is -0.274. The number of ether oxygens (including phenoxy) is 9. The van der Waals surface area contributed by atoms with Crippen molar-refractivity contribution in [2.75, 3.05) is 105 Å². The summed E-state index contributed by atoms with van der Waals surface area (Å²) in [5, 5.41) is 29.0. The SMILES string of the molecule is C=C(C)OCC(COC(C)=O)C(C)C.CC(C)C(C)OC(=O)C(C)(C)C.CC(C)CCN1CCOCC1.CC(C)CCOC(=O)C(C)(C)C.CC(C)CN1CCCCC1.CC(C)CN1CCCCC1.CC(C)COC(=O)OC(C)C.CCC(=O)OCC(C)C.CCC1OC(O)C(O)C(C(C)C)C1O.Cc1oc(=O)oc1CC(C)C. The minimum Gasteiger partial charge on any atom is -0.498 e. The Morgan fingerprint density at radius 2 is 0.982 bits per heavy atom. The number of carbonyl (C=O) groups excluding carboxylic acids is 5. The summed E-state index contributed by atoms with van der Waals surface area (Å²) < 4.78 is 54.7. The first-order chi connectivity index (χ1) is 52.6. The maximum atomic E-state index is 11.4. The average molecular weight is 1640 g/mol. The van der Waals surface area contributed by atoms with Crippen molar-refractivity contribution in [1.82, 2.24) is 14.7 Å². The Morgan fingerprint density at radius 3 is 1.33 bits per heavy atom. The molecule has 4 saturated heterocycles. The van der Waals surface area contributed by atoms with Gasteiger partial charge in [0.1, 0.15) is 23.7 Å². The van der Waals surface area contributed by atoms with Crippen LogP contribution < -0.4 is 5.82 Å². The van der Waals surface area contributed by atoms with Crippen LogP contribution in [-0.2, 0) is 68.2 Å². The van der Waals surface area contributed by atoms with Crippen LogP contribution in [0, 0.1) is 88.8 Å². The van der Waals surface area contributed by atoms with Crippen LogP contribution in [0.5, 0.6) is 0 Å². The van der Waals surface area contributed by atoms with Crippen molar-refractivity contribution < 1.29 is 90.8 Å². The van der Waals surface area contributed by atoms with E-state index in [-0.39, 0.29) is 70.8 Å². The maximum absolute atomic E-state index is 11.4. The molecule has 1 aromatic rings. The highest BCUT2D eigenvalue weighted by atomic mass is 16.7. The van der Waals surface area contributed by atoms with E-state index in [1.54, 1.807) is 27.7 Å². The largest absolute Gasteiger partial charge is 0.519 e. The summed E-state index contributed by atoms with van der Waals surface area (Å²) in [4.78, 5) is 72.6. The number of piperidine rings is 2. The fourth-order valence-electron chi connectivity index (χ4n) is 10.4. The van der Waals surface area contributed by atoms with E-state index in [0.717, 1.165) is 56.9 Å². The first-order valence-corrected chi connectivity index (χ1v) is 43.5. The lowest BCUT2D eigenvalue weighted by Gasteiger charge is -2.42. The molecule has 23 heteroatoms. The minimum absolute atomic E-state index is 0.0109. The normalized spacial score (nSPS) is 18.4. The molecule has 0 aromatic carbocycles. The number of hydrogen-bond acceptors (Lipinski definition) is 23. The number of likely N-dealkylation sites (tertiary alicyclic amines) is 2. The second kappa shape index (κ2) is 68.2. The van der Waals surface area contributed by atoms with E-state index in [9.17, 15) is 44.1 Å². The van der Waals surface area contributed by atoms with Gasteiger partial charge in [-0.3, -0.25) is 24.1 Å². The molecule has 4 aliphatic rings. The van der Waals surface area contributed by atoms with Crippen molar-refractivity contribution in [3.05, 3.63) is 34.5 Å². The summed E-state index contributed by atoms with van der Waals surface area (Å²) in [6, 6.07) is 0. The highest BCUT2D eigenvalue weighted by Gasteiger charge is 2.44. The predicted molar refractivity (Wildman–Crippen MR) is 463 cm³/mol. The van der Waals surface area contributed by atoms with E-state index in [0.29, 0.717) is 98.7 Å². The van der Waals surface area contributed by atoms with Crippen molar-refractivity contribution >= 4 is 30.0 Å². The van der Waals surface area contributed by atoms with Gasteiger partial charge in [-0.05, 0) is 213 Å². The quantitative estimate of drug-likeness (QED) is 0.0399. The summed E-state index contributed by atoms with van der Waals surface area (Å²) in [6.07, 6.45) is 8.84. The van der Waals surface area contributed by atoms with Crippen molar-refractivity contribution in [1.29, 1.82) is 0 Å². The third-order valence-electron chi connectivity index (χ3n) is 17.8. The molecule has 3 N–H and O–H groups in total. The highest BCUT2D eigenvalue weighted by Crippen LogP contribution is 2.32. The van der Waals surface area contributed by atoms with E-state index >= 15 is 0 Å². The van der Waals surface area contributed by atoms with Gasteiger partial charge in [0.05, 0.1) is 81.1 Å². The van der Waals surface area contributed by atoms with Gasteiger partial charge in [-0.25, -0.2) is 9.59 Å². The predicted octanol–water partition coefficient (Wildman–Crippen LogP) is 18.9. The molecule has 114 heavy (non-hydrogen) atoms. The van der Waals surface area contributed by atoms with Gasteiger partial charge in [0.2, 0.25) is 0 Å². The molecule has 7 atom stereocenters. The Kier molecular flexibility index (Phi) is 70.5. The van der Waals surface area contributed by atoms with Crippen molar-refractivity contribution in [2.45, 2.75) is 343 Å². The zero-order valence-corrected chi connectivity index (χ0v) is 79.3. The number of esters is 4. The topological polar surface area (TPSA) is 282 Å². The minimum atomic E-state index is -1.17. The maximum Gasteiger partial charge on any atom is 0.519 e.